The van der Waals surface area contributed by atoms with Gasteiger partial charge in [-0.25, -0.2) is 18.9 Å². The lowest BCUT2D eigenvalue weighted by molar-refractivity contribution is 0.313. The molecule has 0 aliphatic carbocycles. The maximum absolute atomic E-state index is 12.0. The molecule has 0 amide bonds. The van der Waals surface area contributed by atoms with Gasteiger partial charge in [0.25, 0.3) is 0 Å². The fourth-order valence-electron chi connectivity index (χ4n) is 3.83. The zero-order chi connectivity index (χ0) is 23.7. The van der Waals surface area contributed by atoms with Crippen LogP contribution in [-0.2, 0) is 9.73 Å². The van der Waals surface area contributed by atoms with Crippen LogP contribution in [0.15, 0.2) is 59.4 Å². The van der Waals surface area contributed by atoms with E-state index in [-0.39, 0.29) is 0 Å². The number of fused-ring (bicyclic) bond motifs is 1. The minimum Gasteiger partial charge on any atom is -0.369 e. The highest BCUT2D eigenvalue weighted by Crippen LogP contribution is 2.23. The van der Waals surface area contributed by atoms with E-state index in [1.165, 1.54) is 5.69 Å². The van der Waals surface area contributed by atoms with Crippen LogP contribution < -0.4 is 10.2 Å². The second-order valence-electron chi connectivity index (χ2n) is 8.64. The molecule has 1 fully saturated rings. The summed E-state index contributed by atoms with van der Waals surface area (Å²) in [5.41, 5.74) is 3.51. The van der Waals surface area contributed by atoms with Gasteiger partial charge >= 0.3 is 0 Å². The maximum atomic E-state index is 12.0. The summed E-state index contributed by atoms with van der Waals surface area (Å²) in [5.74, 6) is 0.870. The van der Waals surface area contributed by atoms with E-state index in [0.717, 1.165) is 42.9 Å². The molecule has 1 aliphatic rings. The largest absolute Gasteiger partial charge is 0.369 e. The minimum atomic E-state index is -2.32. The van der Waals surface area contributed by atoms with Crippen LogP contribution >= 0.6 is 0 Å². The van der Waals surface area contributed by atoms with Gasteiger partial charge in [-0.3, -0.25) is 0 Å². The summed E-state index contributed by atoms with van der Waals surface area (Å²) in [7, 11) is -0.160. The average molecular weight is 478 g/mol. The zero-order valence-corrected chi connectivity index (χ0v) is 20.2. The summed E-state index contributed by atoms with van der Waals surface area (Å²) in [4.78, 5) is 18.1. The van der Waals surface area contributed by atoms with E-state index in [1.807, 2.05) is 18.2 Å². The molecular weight excluding hydrogens is 450 g/mol. The number of rotatable bonds is 5. The Kier molecular flexibility index (Phi) is 5.88. The molecule has 1 saturated heterocycles. The molecular formula is C23H27N9OS. The van der Waals surface area contributed by atoms with E-state index in [0.29, 0.717) is 17.4 Å². The van der Waals surface area contributed by atoms with Crippen LogP contribution in [0.5, 0.6) is 0 Å². The Hall–Kier alpha value is -3.57. The Morgan fingerprint density at radius 1 is 0.971 bits per heavy atom. The van der Waals surface area contributed by atoms with Crippen molar-refractivity contribution in [2.24, 2.45) is 4.36 Å². The van der Waals surface area contributed by atoms with E-state index >= 15 is 0 Å². The molecule has 1 N–H and O–H groups in total. The number of hydrogen-bond donors (Lipinski definition) is 1. The predicted octanol–water partition coefficient (Wildman–Crippen LogP) is 3.07. The topological polar surface area (TPSA) is 104 Å². The second-order valence-corrected chi connectivity index (χ2v) is 11.2. The summed E-state index contributed by atoms with van der Waals surface area (Å²) in [6.07, 6.45) is 8.23. The van der Waals surface area contributed by atoms with Gasteiger partial charge in [0.05, 0.1) is 17.3 Å². The number of hydrogen-bond acceptors (Lipinski definition) is 9. The van der Waals surface area contributed by atoms with E-state index in [2.05, 4.69) is 58.7 Å². The summed E-state index contributed by atoms with van der Waals surface area (Å²) < 4.78 is 17.9. The summed E-state index contributed by atoms with van der Waals surface area (Å²) in [6, 6.07) is 11.9. The number of anilines is 3. The highest BCUT2D eigenvalue weighted by Gasteiger charge is 2.14. The van der Waals surface area contributed by atoms with Crippen LogP contribution in [0, 0.1) is 0 Å². The third-order valence-corrected chi connectivity index (χ3v) is 6.21. The van der Waals surface area contributed by atoms with Crippen LogP contribution in [0.2, 0.25) is 0 Å². The Labute approximate surface area is 198 Å². The van der Waals surface area contributed by atoms with Crippen molar-refractivity contribution in [3.8, 4) is 5.69 Å². The first-order valence-corrected chi connectivity index (χ1v) is 13.3. The van der Waals surface area contributed by atoms with Gasteiger partial charge in [0, 0.05) is 78.3 Å². The second kappa shape index (κ2) is 8.99. The lowest BCUT2D eigenvalue weighted by Gasteiger charge is -2.34. The van der Waals surface area contributed by atoms with Crippen molar-refractivity contribution < 1.29 is 4.21 Å². The minimum absolute atomic E-state index is 0.393. The van der Waals surface area contributed by atoms with E-state index in [9.17, 15) is 4.21 Å². The summed E-state index contributed by atoms with van der Waals surface area (Å²) >= 11 is 0. The Balaban J connectivity index is 1.38. The molecule has 4 aromatic rings. The molecule has 3 aromatic heterocycles. The van der Waals surface area contributed by atoms with Gasteiger partial charge in [0.15, 0.2) is 11.5 Å². The molecule has 0 saturated carbocycles. The number of benzene rings is 1. The fraction of sp³-hybridized carbons (Fsp3) is 0.304. The van der Waals surface area contributed by atoms with Crippen molar-refractivity contribution in [1.82, 2.24) is 29.6 Å². The van der Waals surface area contributed by atoms with Crippen molar-refractivity contribution >= 4 is 43.9 Å². The van der Waals surface area contributed by atoms with Gasteiger partial charge in [-0.2, -0.15) is 14.4 Å². The van der Waals surface area contributed by atoms with Crippen LogP contribution in [0.25, 0.3) is 16.7 Å². The third kappa shape index (κ3) is 5.00. The van der Waals surface area contributed by atoms with Gasteiger partial charge in [0.1, 0.15) is 0 Å². The lowest BCUT2D eigenvalue weighted by atomic mass is 10.2. The molecule has 0 radical (unpaired) electrons. The van der Waals surface area contributed by atoms with Crippen LogP contribution in [0.1, 0.15) is 0 Å². The highest BCUT2D eigenvalue weighted by molar-refractivity contribution is 7.92. The normalized spacial score (nSPS) is 15.0. The average Bonchev–Trinajstić information content (AvgIpc) is 3.23. The first-order chi connectivity index (χ1) is 16.3. The summed E-state index contributed by atoms with van der Waals surface area (Å²) in [5, 5.41) is 8.55. The molecule has 10 nitrogen and oxygen atoms in total. The van der Waals surface area contributed by atoms with Crippen molar-refractivity contribution in [3.05, 3.63) is 55.0 Å². The number of piperazine rings is 1. The van der Waals surface area contributed by atoms with Crippen molar-refractivity contribution in [1.29, 1.82) is 0 Å². The van der Waals surface area contributed by atoms with Crippen molar-refractivity contribution in [3.63, 3.8) is 0 Å². The smallest absolute Gasteiger partial charge is 0.229 e. The van der Waals surface area contributed by atoms with Crippen LogP contribution in [-0.4, -0.2) is 79.6 Å². The molecule has 4 heterocycles. The van der Waals surface area contributed by atoms with Crippen molar-refractivity contribution in [2.75, 3.05) is 56.0 Å². The molecule has 176 valence electrons. The SMILES string of the molecule is CN1CCN(c2ccc(Nc3ncc4cnn(-c5ccnc(N=S(C)(C)=O)c5)c4n3)cc2)CC1. The third-order valence-electron chi connectivity index (χ3n) is 5.59. The number of nitrogens with one attached hydrogen (secondary N) is 1. The molecule has 0 atom stereocenters. The fourth-order valence-corrected chi connectivity index (χ4v) is 4.38. The summed E-state index contributed by atoms with van der Waals surface area (Å²) in [6.45, 7) is 4.21. The molecule has 0 bridgehead atoms. The van der Waals surface area contributed by atoms with Crippen molar-refractivity contribution in [2.45, 2.75) is 0 Å². The quantitative estimate of drug-likeness (QED) is 0.468. The van der Waals surface area contributed by atoms with Gasteiger partial charge in [-0.05, 0) is 37.4 Å². The lowest BCUT2D eigenvalue weighted by Crippen LogP contribution is -2.44. The zero-order valence-electron chi connectivity index (χ0n) is 19.4. The van der Waals surface area contributed by atoms with Crippen LogP contribution in [0.4, 0.5) is 23.1 Å². The van der Waals surface area contributed by atoms with Gasteiger partial charge < -0.3 is 15.1 Å². The van der Waals surface area contributed by atoms with E-state index in [4.69, 9.17) is 0 Å². The van der Waals surface area contributed by atoms with Gasteiger partial charge in [-0.15, -0.1) is 0 Å². The van der Waals surface area contributed by atoms with Crippen LogP contribution in [0.3, 0.4) is 0 Å². The highest BCUT2D eigenvalue weighted by atomic mass is 32.2. The molecule has 11 heteroatoms. The van der Waals surface area contributed by atoms with E-state index < -0.39 is 9.73 Å². The predicted molar refractivity (Wildman–Crippen MR) is 136 cm³/mol. The van der Waals surface area contributed by atoms with E-state index in [1.54, 1.807) is 41.9 Å². The standard InChI is InChI=1S/C23H27N9OS/c1-30-10-12-31(13-11-30)19-6-4-18(5-7-19)27-23-25-15-17-16-26-32(22(17)28-23)20-8-9-24-21(14-20)29-34(2,3)33/h4-9,14-16H,10-13H2,1-3H3,(H,25,27,28). The first-order valence-electron chi connectivity index (χ1n) is 11.0. The molecule has 5 rings (SSSR count). The Morgan fingerprint density at radius 2 is 1.74 bits per heavy atom. The molecule has 0 spiro atoms. The van der Waals surface area contributed by atoms with Gasteiger partial charge in [0.2, 0.25) is 5.95 Å². The Bertz CT molecular complexity index is 1420. The molecule has 1 aromatic carbocycles. The monoisotopic (exact) mass is 477 g/mol. The first kappa shape index (κ1) is 22.2. The maximum Gasteiger partial charge on any atom is 0.229 e. The molecule has 1 aliphatic heterocycles. The number of nitrogens with zero attached hydrogens (tertiary/aromatic N) is 8. The number of aromatic nitrogens is 5. The van der Waals surface area contributed by atoms with Gasteiger partial charge in [-0.1, -0.05) is 0 Å². The number of pyridine rings is 1. The Morgan fingerprint density at radius 3 is 2.47 bits per heavy atom. The molecule has 0 unspecified atom stereocenters. The number of likely N-dealkylation sites (N-methyl/N-ethyl adjacent to an activating group) is 1. The molecule has 34 heavy (non-hydrogen) atoms.